The monoisotopic (exact) mass is 356 g/mol. The summed E-state index contributed by atoms with van der Waals surface area (Å²) in [6, 6.07) is 8.61. The molecule has 26 heavy (non-hydrogen) atoms. The summed E-state index contributed by atoms with van der Waals surface area (Å²) in [5.74, 6) is -0.832. The van der Waals surface area contributed by atoms with Crippen LogP contribution >= 0.6 is 0 Å². The second-order valence-corrected chi connectivity index (χ2v) is 6.69. The fourth-order valence-corrected chi connectivity index (χ4v) is 3.07. The Morgan fingerprint density at radius 2 is 2.04 bits per heavy atom. The number of imidazole rings is 1. The number of nitrogens with one attached hydrogen (secondary N) is 1. The van der Waals surface area contributed by atoms with E-state index in [1.54, 1.807) is 41.7 Å². The van der Waals surface area contributed by atoms with Gasteiger partial charge in [-0.1, -0.05) is 12.1 Å². The average Bonchev–Trinajstić information content (AvgIpc) is 3.19. The first-order valence-corrected chi connectivity index (χ1v) is 8.34. The molecule has 2 unspecified atom stereocenters. The molecule has 2 atom stereocenters. The molecular weight excluding hydrogens is 338 g/mol. The molecule has 0 radical (unpaired) electrons. The summed E-state index contributed by atoms with van der Waals surface area (Å²) in [5, 5.41) is 2.64. The number of alkyl halides is 1. The lowest BCUT2D eigenvalue weighted by Crippen LogP contribution is -2.15. The zero-order chi connectivity index (χ0) is 18.4. The lowest BCUT2D eigenvalue weighted by molar-refractivity contribution is -0.117. The van der Waals surface area contributed by atoms with Crippen LogP contribution < -0.4 is 10.2 Å². The van der Waals surface area contributed by atoms with Gasteiger partial charge in [-0.2, -0.15) is 0 Å². The van der Waals surface area contributed by atoms with Crippen molar-refractivity contribution in [1.82, 2.24) is 9.38 Å². The van der Waals surface area contributed by atoms with Crippen molar-refractivity contribution >= 4 is 23.1 Å². The molecule has 1 N–H and O–H groups in total. The zero-order valence-corrected chi connectivity index (χ0v) is 14.4. The van der Waals surface area contributed by atoms with Crippen LogP contribution in [0.25, 0.3) is 16.8 Å². The number of hydrogen-bond acceptors (Lipinski definition) is 3. The third-order valence-electron chi connectivity index (χ3n) is 4.50. The number of amides is 1. The number of carbonyl (C=O) groups excluding carboxylic acids is 1. The van der Waals surface area contributed by atoms with Crippen LogP contribution in [0.4, 0.5) is 20.3 Å². The van der Waals surface area contributed by atoms with Crippen LogP contribution in [0.2, 0.25) is 0 Å². The summed E-state index contributed by atoms with van der Waals surface area (Å²) >= 11 is 0. The molecule has 1 aromatic carbocycles. The summed E-state index contributed by atoms with van der Waals surface area (Å²) in [7, 11) is 3.59. The molecule has 3 aromatic rings. The van der Waals surface area contributed by atoms with Crippen molar-refractivity contribution in [2.24, 2.45) is 5.92 Å². The van der Waals surface area contributed by atoms with E-state index in [1.807, 2.05) is 18.3 Å². The number of para-hydroxylation sites is 1. The van der Waals surface area contributed by atoms with Gasteiger partial charge in [0.25, 0.3) is 0 Å². The van der Waals surface area contributed by atoms with Gasteiger partial charge in [0.1, 0.15) is 17.6 Å². The maximum Gasteiger partial charge on any atom is 0.231 e. The smallest absolute Gasteiger partial charge is 0.231 e. The molecule has 1 aliphatic rings. The molecule has 0 spiro atoms. The molecule has 5 nitrogen and oxygen atoms in total. The molecule has 1 saturated carbocycles. The highest BCUT2D eigenvalue weighted by Crippen LogP contribution is 2.35. The number of rotatable bonds is 4. The Morgan fingerprint density at radius 1 is 1.27 bits per heavy atom. The van der Waals surface area contributed by atoms with E-state index in [0.717, 1.165) is 11.1 Å². The van der Waals surface area contributed by atoms with Gasteiger partial charge >= 0.3 is 0 Å². The molecule has 2 heterocycles. The number of aromatic nitrogens is 2. The number of benzene rings is 1. The Hall–Kier alpha value is -2.96. The van der Waals surface area contributed by atoms with E-state index in [-0.39, 0.29) is 18.1 Å². The molecule has 0 aliphatic heterocycles. The first-order chi connectivity index (χ1) is 12.4. The molecule has 0 bridgehead atoms. The number of halogens is 2. The van der Waals surface area contributed by atoms with Gasteiger partial charge in [-0.05, 0) is 24.6 Å². The van der Waals surface area contributed by atoms with E-state index in [9.17, 15) is 13.6 Å². The van der Waals surface area contributed by atoms with Gasteiger partial charge < -0.3 is 14.6 Å². The van der Waals surface area contributed by atoms with Gasteiger partial charge in [-0.25, -0.2) is 13.8 Å². The SMILES string of the molecule is CN(C)c1c(F)cccc1-c1ccc2nc(NC(=O)C3CC3F)cn2c1. The number of fused-ring (bicyclic) bond motifs is 1. The minimum absolute atomic E-state index is 0.274. The zero-order valence-electron chi connectivity index (χ0n) is 14.4. The molecule has 2 aromatic heterocycles. The van der Waals surface area contributed by atoms with E-state index in [0.29, 0.717) is 17.2 Å². The lowest BCUT2D eigenvalue weighted by atomic mass is 10.0. The second-order valence-electron chi connectivity index (χ2n) is 6.69. The van der Waals surface area contributed by atoms with Gasteiger partial charge in [0, 0.05) is 31.4 Å². The van der Waals surface area contributed by atoms with Gasteiger partial charge in [0.05, 0.1) is 17.8 Å². The lowest BCUT2D eigenvalue weighted by Gasteiger charge is -2.18. The largest absolute Gasteiger partial charge is 0.375 e. The van der Waals surface area contributed by atoms with Crippen LogP contribution in [-0.4, -0.2) is 35.6 Å². The van der Waals surface area contributed by atoms with E-state index in [4.69, 9.17) is 0 Å². The summed E-state index contributed by atoms with van der Waals surface area (Å²) in [5.41, 5.74) is 2.72. The van der Waals surface area contributed by atoms with Crippen LogP contribution in [0.1, 0.15) is 6.42 Å². The van der Waals surface area contributed by atoms with Crippen molar-refractivity contribution in [3.63, 3.8) is 0 Å². The predicted molar refractivity (Wildman–Crippen MR) is 96.5 cm³/mol. The Balaban J connectivity index is 1.68. The third kappa shape index (κ3) is 2.89. The quantitative estimate of drug-likeness (QED) is 0.778. The van der Waals surface area contributed by atoms with Crippen LogP contribution in [0, 0.1) is 11.7 Å². The molecular formula is C19H18F2N4O. The Morgan fingerprint density at radius 3 is 2.73 bits per heavy atom. The molecule has 0 saturated heterocycles. The summed E-state index contributed by atoms with van der Waals surface area (Å²) in [6.07, 6.45) is 2.72. The number of pyridine rings is 1. The van der Waals surface area contributed by atoms with E-state index >= 15 is 0 Å². The van der Waals surface area contributed by atoms with Crippen molar-refractivity contribution in [1.29, 1.82) is 0 Å². The van der Waals surface area contributed by atoms with Gasteiger partial charge in [-0.3, -0.25) is 4.79 Å². The van der Waals surface area contributed by atoms with Crippen LogP contribution in [-0.2, 0) is 4.79 Å². The average molecular weight is 356 g/mol. The van der Waals surface area contributed by atoms with E-state index < -0.39 is 12.1 Å². The van der Waals surface area contributed by atoms with Gasteiger partial charge in [-0.15, -0.1) is 0 Å². The Labute approximate surface area is 149 Å². The summed E-state index contributed by atoms with van der Waals surface area (Å²) < 4.78 is 29.0. The summed E-state index contributed by atoms with van der Waals surface area (Å²) in [4.78, 5) is 17.9. The maximum atomic E-state index is 14.2. The Bertz CT molecular complexity index is 998. The number of hydrogen-bond donors (Lipinski definition) is 1. The topological polar surface area (TPSA) is 49.6 Å². The molecule has 7 heteroatoms. The molecule has 1 aliphatic carbocycles. The van der Waals surface area contributed by atoms with Gasteiger partial charge in [0.2, 0.25) is 5.91 Å². The third-order valence-corrected chi connectivity index (χ3v) is 4.50. The highest BCUT2D eigenvalue weighted by atomic mass is 19.1. The Kier molecular flexibility index (Phi) is 3.86. The van der Waals surface area contributed by atoms with Crippen molar-refractivity contribution < 1.29 is 13.6 Å². The second kappa shape index (κ2) is 6.09. The minimum Gasteiger partial charge on any atom is -0.375 e. The molecule has 1 amide bonds. The molecule has 134 valence electrons. The van der Waals surface area contributed by atoms with Crippen LogP contribution in [0.3, 0.4) is 0 Å². The highest BCUT2D eigenvalue weighted by molar-refractivity contribution is 5.94. The van der Waals surface area contributed by atoms with Crippen molar-refractivity contribution in [3.8, 4) is 11.1 Å². The first kappa shape index (κ1) is 16.5. The molecule has 4 rings (SSSR count). The van der Waals surface area contributed by atoms with Crippen LogP contribution in [0.15, 0.2) is 42.7 Å². The first-order valence-electron chi connectivity index (χ1n) is 8.34. The van der Waals surface area contributed by atoms with Crippen LogP contribution in [0.5, 0.6) is 0 Å². The fraction of sp³-hybridized carbons (Fsp3) is 0.263. The normalized spacial score (nSPS) is 18.8. The highest BCUT2D eigenvalue weighted by Gasteiger charge is 2.43. The predicted octanol–water partition coefficient (Wildman–Crippen LogP) is 3.50. The fourth-order valence-electron chi connectivity index (χ4n) is 3.07. The number of carbonyl (C=O) groups is 1. The number of anilines is 2. The minimum atomic E-state index is -1.05. The summed E-state index contributed by atoms with van der Waals surface area (Å²) in [6.45, 7) is 0. The van der Waals surface area contributed by atoms with Crippen molar-refractivity contribution in [3.05, 3.63) is 48.5 Å². The van der Waals surface area contributed by atoms with Crippen molar-refractivity contribution in [2.45, 2.75) is 12.6 Å². The van der Waals surface area contributed by atoms with Crippen molar-refractivity contribution in [2.75, 3.05) is 24.3 Å². The van der Waals surface area contributed by atoms with Gasteiger partial charge in [0.15, 0.2) is 5.82 Å². The number of nitrogens with zero attached hydrogens (tertiary/aromatic N) is 3. The van der Waals surface area contributed by atoms with E-state index in [2.05, 4.69) is 10.3 Å². The standard InChI is InChI=1S/C19H18F2N4O/c1-24(2)18-12(4-3-5-14(18)20)11-6-7-17-22-16(10-25(17)9-11)23-19(26)13-8-15(13)21/h3-7,9-10,13,15H,8H2,1-2H3,(H,23,26). The van der Waals surface area contributed by atoms with E-state index in [1.165, 1.54) is 6.07 Å². The maximum absolute atomic E-state index is 14.2. The molecule has 1 fully saturated rings.